The molecule has 1 fully saturated rings. The first-order valence-corrected chi connectivity index (χ1v) is 9.68. The molecule has 0 aliphatic carbocycles. The van der Waals surface area contributed by atoms with Gasteiger partial charge in [0, 0.05) is 18.7 Å². The Kier molecular flexibility index (Phi) is 5.49. The van der Waals surface area contributed by atoms with Crippen LogP contribution in [0.15, 0.2) is 59.8 Å². The molecule has 0 saturated carbocycles. The number of anilines is 1. The van der Waals surface area contributed by atoms with Crippen molar-refractivity contribution in [2.24, 2.45) is 5.16 Å². The topological polar surface area (TPSA) is 53.9 Å². The number of benzene rings is 2. The summed E-state index contributed by atoms with van der Waals surface area (Å²) in [6.45, 7) is 3.25. The summed E-state index contributed by atoms with van der Waals surface area (Å²) >= 11 is 0. The van der Waals surface area contributed by atoms with Crippen LogP contribution in [0.2, 0.25) is 0 Å². The second-order valence-corrected chi connectivity index (χ2v) is 7.24. The van der Waals surface area contributed by atoms with Crippen LogP contribution in [0.25, 0.3) is 0 Å². The van der Waals surface area contributed by atoms with E-state index >= 15 is 0 Å². The molecule has 5 heteroatoms. The highest BCUT2D eigenvalue weighted by atomic mass is 16.6. The van der Waals surface area contributed by atoms with Crippen LogP contribution >= 0.6 is 0 Å². The maximum Gasteiger partial charge on any atom is 0.273 e. The maximum absolute atomic E-state index is 12.6. The predicted octanol–water partition coefficient (Wildman–Crippen LogP) is 4.13. The first-order valence-electron chi connectivity index (χ1n) is 9.68. The van der Waals surface area contributed by atoms with Crippen molar-refractivity contribution in [1.29, 1.82) is 0 Å². The lowest BCUT2D eigenvalue weighted by Gasteiger charge is -2.26. The van der Waals surface area contributed by atoms with Crippen molar-refractivity contribution in [1.82, 2.24) is 4.90 Å². The Morgan fingerprint density at radius 1 is 1.07 bits per heavy atom. The third kappa shape index (κ3) is 4.55. The number of carbonyl (C=O) groups excluding carboxylic acids is 1. The third-order valence-corrected chi connectivity index (χ3v) is 5.14. The van der Waals surface area contributed by atoms with Gasteiger partial charge in [0.1, 0.15) is 5.71 Å². The summed E-state index contributed by atoms with van der Waals surface area (Å²) in [6, 6.07) is 18.0. The zero-order valence-corrected chi connectivity index (χ0v) is 15.4. The van der Waals surface area contributed by atoms with Gasteiger partial charge in [0.25, 0.3) is 5.91 Å². The molecule has 27 heavy (non-hydrogen) atoms. The monoisotopic (exact) mass is 363 g/mol. The predicted molar refractivity (Wildman–Crippen MR) is 107 cm³/mol. The van der Waals surface area contributed by atoms with E-state index in [2.05, 4.69) is 27.5 Å². The van der Waals surface area contributed by atoms with E-state index in [1.54, 1.807) is 0 Å². The van der Waals surface area contributed by atoms with Gasteiger partial charge in [-0.25, -0.2) is 0 Å². The summed E-state index contributed by atoms with van der Waals surface area (Å²) < 4.78 is 0. The SMILES string of the molecule is O=C(Nc1cccc(CN2CCCCC2)c1)C1=NOC(c2ccccc2)C1. The zero-order valence-electron chi connectivity index (χ0n) is 15.4. The fraction of sp³-hybridized carbons (Fsp3) is 0.364. The highest BCUT2D eigenvalue weighted by Gasteiger charge is 2.27. The van der Waals surface area contributed by atoms with Gasteiger partial charge < -0.3 is 10.2 Å². The fourth-order valence-electron chi connectivity index (χ4n) is 3.68. The Morgan fingerprint density at radius 2 is 1.89 bits per heavy atom. The van der Waals surface area contributed by atoms with E-state index in [4.69, 9.17) is 4.84 Å². The molecule has 140 valence electrons. The molecule has 2 aliphatic heterocycles. The van der Waals surface area contributed by atoms with E-state index in [0.717, 1.165) is 30.9 Å². The summed E-state index contributed by atoms with van der Waals surface area (Å²) in [6.07, 6.45) is 4.19. The van der Waals surface area contributed by atoms with Gasteiger partial charge in [0.15, 0.2) is 6.10 Å². The Bertz CT molecular complexity index is 813. The van der Waals surface area contributed by atoms with Gasteiger partial charge in [-0.05, 0) is 49.2 Å². The van der Waals surface area contributed by atoms with E-state index in [9.17, 15) is 4.79 Å². The third-order valence-electron chi connectivity index (χ3n) is 5.14. The minimum atomic E-state index is -0.191. The standard InChI is InChI=1S/C22H25N3O2/c26-22(20-15-21(27-24-20)18-9-3-1-4-10-18)23-19-11-7-8-17(14-19)16-25-12-5-2-6-13-25/h1,3-4,7-11,14,21H,2,5-6,12-13,15-16H2,(H,23,26). The van der Waals surface area contributed by atoms with Crippen LogP contribution in [0.5, 0.6) is 0 Å². The Hall–Kier alpha value is -2.66. The smallest absolute Gasteiger partial charge is 0.273 e. The first-order chi connectivity index (χ1) is 13.3. The van der Waals surface area contributed by atoms with Crippen LogP contribution in [0.3, 0.4) is 0 Å². The highest BCUT2D eigenvalue weighted by molar-refractivity contribution is 6.43. The van der Waals surface area contributed by atoms with Gasteiger partial charge >= 0.3 is 0 Å². The largest absolute Gasteiger partial charge is 0.387 e. The van der Waals surface area contributed by atoms with Crippen LogP contribution in [0.1, 0.15) is 42.9 Å². The van der Waals surface area contributed by atoms with Crippen LogP contribution in [-0.4, -0.2) is 29.6 Å². The van der Waals surface area contributed by atoms with Gasteiger partial charge in [0.2, 0.25) is 0 Å². The number of piperidine rings is 1. The second kappa shape index (κ2) is 8.35. The van der Waals surface area contributed by atoms with E-state index in [1.165, 1.54) is 24.8 Å². The van der Waals surface area contributed by atoms with Crippen LogP contribution in [0, 0.1) is 0 Å². The summed E-state index contributed by atoms with van der Waals surface area (Å²) in [5.74, 6) is -0.191. The highest BCUT2D eigenvalue weighted by Crippen LogP contribution is 2.27. The molecule has 5 nitrogen and oxygen atoms in total. The molecule has 1 amide bonds. The summed E-state index contributed by atoms with van der Waals surface area (Å²) in [5, 5.41) is 6.97. The maximum atomic E-state index is 12.6. The van der Waals surface area contributed by atoms with Crippen LogP contribution in [0.4, 0.5) is 5.69 Å². The minimum Gasteiger partial charge on any atom is -0.387 e. The fourth-order valence-corrected chi connectivity index (χ4v) is 3.68. The molecule has 1 atom stereocenters. The minimum absolute atomic E-state index is 0.183. The lowest BCUT2D eigenvalue weighted by atomic mass is 10.0. The number of hydrogen-bond acceptors (Lipinski definition) is 4. The molecule has 0 aromatic heterocycles. The molecule has 2 aliphatic rings. The molecule has 0 bridgehead atoms. The van der Waals surface area contributed by atoms with E-state index in [1.807, 2.05) is 42.5 Å². The summed E-state index contributed by atoms with van der Waals surface area (Å²) in [5.41, 5.74) is 3.50. The van der Waals surface area contributed by atoms with Gasteiger partial charge in [0.05, 0.1) is 0 Å². The number of amides is 1. The second-order valence-electron chi connectivity index (χ2n) is 7.24. The molecule has 2 aromatic carbocycles. The molecule has 1 unspecified atom stereocenters. The molecule has 0 radical (unpaired) electrons. The summed E-state index contributed by atoms with van der Waals surface area (Å²) in [7, 11) is 0. The van der Waals surface area contributed by atoms with Crippen molar-refractivity contribution in [3.05, 3.63) is 65.7 Å². The molecule has 2 aromatic rings. The number of hydrogen-bond donors (Lipinski definition) is 1. The van der Waals surface area contributed by atoms with Crippen LogP contribution < -0.4 is 5.32 Å². The average molecular weight is 363 g/mol. The number of oxime groups is 1. The van der Waals surface area contributed by atoms with Gasteiger partial charge in [-0.2, -0.15) is 0 Å². The number of nitrogens with one attached hydrogen (secondary N) is 1. The van der Waals surface area contributed by atoms with Crippen molar-refractivity contribution >= 4 is 17.3 Å². The van der Waals surface area contributed by atoms with Crippen molar-refractivity contribution < 1.29 is 9.63 Å². The molecule has 1 N–H and O–H groups in total. The van der Waals surface area contributed by atoms with Crippen molar-refractivity contribution in [2.75, 3.05) is 18.4 Å². The number of nitrogens with zero attached hydrogens (tertiary/aromatic N) is 2. The van der Waals surface area contributed by atoms with Crippen LogP contribution in [-0.2, 0) is 16.2 Å². The van der Waals surface area contributed by atoms with E-state index in [-0.39, 0.29) is 12.0 Å². The molecule has 0 spiro atoms. The van der Waals surface area contributed by atoms with Gasteiger partial charge in [-0.1, -0.05) is 54.0 Å². The Morgan fingerprint density at radius 3 is 2.70 bits per heavy atom. The number of carbonyl (C=O) groups is 1. The molecule has 2 heterocycles. The van der Waals surface area contributed by atoms with E-state index < -0.39 is 0 Å². The quantitative estimate of drug-likeness (QED) is 0.869. The number of rotatable bonds is 5. The van der Waals surface area contributed by atoms with Crippen molar-refractivity contribution in [2.45, 2.75) is 38.3 Å². The Labute approximate surface area is 160 Å². The van der Waals surface area contributed by atoms with Crippen molar-refractivity contribution in [3.8, 4) is 0 Å². The molecular weight excluding hydrogens is 338 g/mol. The molecule has 4 rings (SSSR count). The lowest BCUT2D eigenvalue weighted by molar-refractivity contribution is -0.110. The molecular formula is C22H25N3O2. The lowest BCUT2D eigenvalue weighted by Crippen LogP contribution is -2.29. The molecule has 1 saturated heterocycles. The average Bonchev–Trinajstić information content (AvgIpc) is 3.20. The number of likely N-dealkylation sites (tertiary alicyclic amines) is 1. The van der Waals surface area contributed by atoms with Crippen molar-refractivity contribution in [3.63, 3.8) is 0 Å². The van der Waals surface area contributed by atoms with E-state index in [0.29, 0.717) is 12.1 Å². The first kappa shape index (κ1) is 17.7. The summed E-state index contributed by atoms with van der Waals surface area (Å²) in [4.78, 5) is 20.5. The normalized spacial score (nSPS) is 20.0. The van der Waals surface area contributed by atoms with Gasteiger partial charge in [-0.3, -0.25) is 9.69 Å². The Balaban J connectivity index is 1.35. The zero-order chi connectivity index (χ0) is 18.5. The van der Waals surface area contributed by atoms with Gasteiger partial charge in [-0.15, -0.1) is 0 Å².